The highest BCUT2D eigenvalue weighted by Crippen LogP contribution is 2.65. The number of allylic oxidation sites excluding steroid dienone is 2. The maximum atomic E-state index is 14.3. The van der Waals surface area contributed by atoms with Crippen molar-refractivity contribution in [2.45, 2.75) is 28.5 Å². The Balaban J connectivity index is 1.38. The Morgan fingerprint density at radius 1 is 0.791 bits per heavy atom. The number of halogens is 4. The first-order chi connectivity index (χ1) is 20.5. The number of carbonyl (C=O) groups excluding carboxylic acids is 4. The van der Waals surface area contributed by atoms with E-state index in [0.29, 0.717) is 16.8 Å². The lowest BCUT2D eigenvalue weighted by molar-refractivity contribution is -0.125. The smallest absolute Gasteiger partial charge is 0.258 e. The predicted octanol–water partition coefficient (Wildman–Crippen LogP) is 5.90. The predicted molar refractivity (Wildman–Crippen MR) is 166 cm³/mol. The summed E-state index contributed by atoms with van der Waals surface area (Å²) in [5, 5.41) is 10.0. The molecule has 2 aliphatic heterocycles. The molecule has 0 radical (unpaired) electrons. The summed E-state index contributed by atoms with van der Waals surface area (Å²) >= 11 is 16.8. The molecule has 2 saturated heterocycles. The summed E-state index contributed by atoms with van der Waals surface area (Å²) in [5.41, 5.74) is 1.73. The van der Waals surface area contributed by atoms with E-state index in [0.717, 1.165) is 20.6 Å². The molecule has 11 heteroatoms. The molecule has 3 aromatic carbocycles. The van der Waals surface area contributed by atoms with E-state index >= 15 is 0 Å². The van der Waals surface area contributed by atoms with Gasteiger partial charge in [0.05, 0.1) is 23.2 Å². The molecule has 0 aromatic heterocycles. The fourth-order valence-corrected chi connectivity index (χ4v) is 8.58. The number of hydrogen-bond donors (Lipinski definition) is 1. The standard InChI is InChI=1S/C32H22Cl2FIN2O5/c33-31-15-24-22(13-14-23-25(24)28(41)37(27(23)40)19-9-5-18(36)6-10-19)26(16-1-11-21(39)12-2-16)32(31,34)30(43)38(29(31)42)20-7-3-17(35)4-8-20/h1-13,23-26,39H,14-15H2/t23-,24+,25-,26-,31+,32-/m0/s1. The number of phenolic OH excluding ortho intramolecular Hbond substituents is 1. The first kappa shape index (κ1) is 28.5. The second-order valence-electron chi connectivity index (χ2n) is 11.3. The number of carbonyl (C=O) groups is 4. The number of phenols is 1. The Morgan fingerprint density at radius 3 is 2.05 bits per heavy atom. The maximum Gasteiger partial charge on any atom is 0.258 e. The SMILES string of the molecule is O=C1[C@H]2[C@H](CC=C3[C@H]2C[C@@]2(Cl)C(=O)N(c4ccc(F)cc4)C(=O)[C@@]2(Cl)[C@H]3c2ccc(O)cc2)C(=O)N1c1ccc(I)cc1. The monoisotopic (exact) mass is 730 g/mol. The topological polar surface area (TPSA) is 95.0 Å². The highest BCUT2D eigenvalue weighted by Gasteiger charge is 2.76. The van der Waals surface area contributed by atoms with E-state index in [9.17, 15) is 28.7 Å². The van der Waals surface area contributed by atoms with Crippen LogP contribution in [-0.2, 0) is 19.2 Å². The number of imide groups is 2. The summed E-state index contributed by atoms with van der Waals surface area (Å²) in [4.78, 5) is 54.3. The second-order valence-corrected chi connectivity index (χ2v) is 13.8. The number of amides is 4. The van der Waals surface area contributed by atoms with Gasteiger partial charge in [-0.2, -0.15) is 0 Å². The summed E-state index contributed by atoms with van der Waals surface area (Å²) < 4.78 is 14.7. The highest BCUT2D eigenvalue weighted by molar-refractivity contribution is 14.1. The van der Waals surface area contributed by atoms with Crippen molar-refractivity contribution < 1.29 is 28.7 Å². The Labute approximate surface area is 269 Å². The van der Waals surface area contributed by atoms with Gasteiger partial charge in [-0.05, 0) is 108 Å². The van der Waals surface area contributed by atoms with Gasteiger partial charge >= 0.3 is 0 Å². The van der Waals surface area contributed by atoms with Crippen LogP contribution in [-0.4, -0.2) is 38.5 Å². The largest absolute Gasteiger partial charge is 0.508 e. The summed E-state index contributed by atoms with van der Waals surface area (Å²) in [5.74, 6) is -6.00. The van der Waals surface area contributed by atoms with Crippen LogP contribution in [0.15, 0.2) is 84.4 Å². The lowest BCUT2D eigenvalue weighted by atomic mass is 9.56. The average Bonchev–Trinajstić information content (AvgIpc) is 3.33. The Kier molecular flexibility index (Phi) is 6.54. The third kappa shape index (κ3) is 3.90. The van der Waals surface area contributed by atoms with Gasteiger partial charge in [-0.1, -0.05) is 23.8 Å². The zero-order chi connectivity index (χ0) is 30.4. The van der Waals surface area contributed by atoms with Crippen LogP contribution in [0.1, 0.15) is 24.3 Å². The van der Waals surface area contributed by atoms with Gasteiger partial charge < -0.3 is 5.11 Å². The molecule has 43 heavy (non-hydrogen) atoms. The average molecular weight is 731 g/mol. The molecule has 218 valence electrons. The molecule has 1 saturated carbocycles. The van der Waals surface area contributed by atoms with E-state index in [-0.39, 0.29) is 30.2 Å². The normalized spacial score (nSPS) is 31.6. The number of benzene rings is 3. The molecule has 2 aliphatic carbocycles. The maximum absolute atomic E-state index is 14.3. The minimum absolute atomic E-state index is 0.0129. The van der Waals surface area contributed by atoms with Crippen LogP contribution in [0.5, 0.6) is 5.75 Å². The summed E-state index contributed by atoms with van der Waals surface area (Å²) in [6.07, 6.45) is 1.93. The second kappa shape index (κ2) is 9.87. The van der Waals surface area contributed by atoms with Crippen molar-refractivity contribution in [2.24, 2.45) is 17.8 Å². The molecule has 2 heterocycles. The van der Waals surface area contributed by atoms with Gasteiger partial charge in [-0.15, -0.1) is 23.2 Å². The van der Waals surface area contributed by atoms with Crippen LogP contribution >= 0.6 is 45.8 Å². The van der Waals surface area contributed by atoms with Crippen molar-refractivity contribution in [3.05, 3.63) is 99.4 Å². The third-order valence-corrected chi connectivity index (χ3v) is 11.3. The van der Waals surface area contributed by atoms with Crippen molar-refractivity contribution in [1.82, 2.24) is 0 Å². The van der Waals surface area contributed by atoms with E-state index in [1.807, 2.05) is 18.2 Å². The molecule has 0 unspecified atom stereocenters. The van der Waals surface area contributed by atoms with Gasteiger partial charge in [0.2, 0.25) is 11.8 Å². The first-order valence-electron chi connectivity index (χ1n) is 13.6. The number of hydrogen-bond acceptors (Lipinski definition) is 5. The molecule has 0 spiro atoms. The van der Waals surface area contributed by atoms with Gasteiger partial charge in [0.1, 0.15) is 11.6 Å². The van der Waals surface area contributed by atoms with Crippen LogP contribution in [0, 0.1) is 27.1 Å². The van der Waals surface area contributed by atoms with Gasteiger partial charge in [0.15, 0.2) is 9.75 Å². The molecule has 3 fully saturated rings. The van der Waals surface area contributed by atoms with E-state index < -0.39 is 57.0 Å². The van der Waals surface area contributed by atoms with Crippen molar-refractivity contribution in [2.75, 3.05) is 9.80 Å². The number of nitrogens with zero attached hydrogens (tertiary/aromatic N) is 2. The van der Waals surface area contributed by atoms with Gasteiger partial charge in [-0.3, -0.25) is 24.1 Å². The minimum Gasteiger partial charge on any atom is -0.508 e. The zero-order valence-electron chi connectivity index (χ0n) is 22.2. The van der Waals surface area contributed by atoms with E-state index in [1.54, 1.807) is 24.3 Å². The number of alkyl halides is 2. The molecule has 7 nitrogen and oxygen atoms in total. The molecule has 4 aliphatic rings. The van der Waals surface area contributed by atoms with Crippen LogP contribution in [0.4, 0.5) is 15.8 Å². The number of fused-ring (bicyclic) bond motifs is 4. The Bertz CT molecular complexity index is 1750. The Hall–Kier alpha value is -3.28. The summed E-state index contributed by atoms with van der Waals surface area (Å²) in [7, 11) is 0. The zero-order valence-corrected chi connectivity index (χ0v) is 25.9. The molecule has 0 bridgehead atoms. The summed E-state index contributed by atoms with van der Waals surface area (Å²) in [6.45, 7) is 0. The van der Waals surface area contributed by atoms with Crippen molar-refractivity contribution in [1.29, 1.82) is 0 Å². The molecule has 7 rings (SSSR count). The lowest BCUT2D eigenvalue weighted by Crippen LogP contribution is -2.60. The number of aromatic hydroxyl groups is 1. The van der Waals surface area contributed by atoms with Crippen molar-refractivity contribution in [3.8, 4) is 5.75 Å². The third-order valence-electron chi connectivity index (χ3n) is 9.21. The van der Waals surface area contributed by atoms with Crippen LogP contribution < -0.4 is 9.80 Å². The van der Waals surface area contributed by atoms with Crippen LogP contribution in [0.3, 0.4) is 0 Å². The summed E-state index contributed by atoms with van der Waals surface area (Å²) in [6, 6.07) is 18.0. The van der Waals surface area contributed by atoms with E-state index in [1.165, 1.54) is 29.2 Å². The van der Waals surface area contributed by atoms with Gasteiger partial charge in [-0.25, -0.2) is 9.29 Å². The first-order valence-corrected chi connectivity index (χ1v) is 15.5. The molecular formula is C32H22Cl2FIN2O5. The minimum atomic E-state index is -2.02. The molecular weight excluding hydrogens is 709 g/mol. The number of rotatable bonds is 3. The molecule has 6 atom stereocenters. The quantitative estimate of drug-likeness (QED) is 0.157. The van der Waals surface area contributed by atoms with Gasteiger partial charge in [0.25, 0.3) is 11.8 Å². The fourth-order valence-electron chi connectivity index (χ4n) is 7.28. The lowest BCUT2D eigenvalue weighted by Gasteiger charge is -2.50. The van der Waals surface area contributed by atoms with Crippen molar-refractivity contribution in [3.63, 3.8) is 0 Å². The van der Waals surface area contributed by atoms with Crippen LogP contribution in [0.25, 0.3) is 0 Å². The van der Waals surface area contributed by atoms with E-state index in [4.69, 9.17) is 23.2 Å². The fraction of sp³-hybridized carbons (Fsp3) is 0.250. The highest BCUT2D eigenvalue weighted by atomic mass is 127. The van der Waals surface area contributed by atoms with Gasteiger partial charge in [0, 0.05) is 9.49 Å². The Morgan fingerprint density at radius 2 is 1.40 bits per heavy atom. The molecule has 1 N–H and O–H groups in total. The van der Waals surface area contributed by atoms with E-state index in [2.05, 4.69) is 22.6 Å². The van der Waals surface area contributed by atoms with Crippen molar-refractivity contribution >= 4 is 80.8 Å². The molecule has 3 aromatic rings. The van der Waals surface area contributed by atoms with Crippen LogP contribution in [0.2, 0.25) is 0 Å². The molecule has 4 amide bonds. The number of anilines is 2.